The molecule has 2 heterocycles. The number of rotatable bonds is 5. The Morgan fingerprint density at radius 2 is 1.96 bits per heavy atom. The Morgan fingerprint density at radius 3 is 2.68 bits per heavy atom. The Morgan fingerprint density at radius 1 is 1.16 bits per heavy atom. The minimum absolute atomic E-state index is 0.216. The summed E-state index contributed by atoms with van der Waals surface area (Å²) >= 11 is 1.12. The van der Waals surface area contributed by atoms with Crippen LogP contribution in [0.4, 0.5) is 5.69 Å². The number of thiophene rings is 1. The molecular weight excluding hydrogens is 358 g/mol. The quantitative estimate of drug-likeness (QED) is 0.726. The minimum Gasteiger partial charge on any atom is -0.420 e. The lowest BCUT2D eigenvalue weighted by Crippen LogP contribution is -2.12. The maximum absolute atomic E-state index is 12.6. The van der Waals surface area contributed by atoms with Gasteiger partial charge in [0.05, 0.1) is 10.6 Å². The van der Waals surface area contributed by atoms with Gasteiger partial charge >= 0.3 is 0 Å². The second kappa shape index (κ2) is 5.96. The van der Waals surface area contributed by atoms with Crippen molar-refractivity contribution >= 4 is 27.0 Å². The zero-order chi connectivity index (χ0) is 17.6. The van der Waals surface area contributed by atoms with Crippen molar-refractivity contribution in [1.29, 1.82) is 0 Å². The van der Waals surface area contributed by atoms with Gasteiger partial charge in [0.2, 0.25) is 5.89 Å². The van der Waals surface area contributed by atoms with E-state index in [1.54, 1.807) is 18.2 Å². The highest BCUT2D eigenvalue weighted by atomic mass is 32.2. The summed E-state index contributed by atoms with van der Waals surface area (Å²) < 4.78 is 33.8. The third kappa shape index (κ3) is 3.32. The summed E-state index contributed by atoms with van der Waals surface area (Å²) in [6, 6.07) is 8.85. The maximum atomic E-state index is 12.6. The molecule has 1 saturated carbocycles. The summed E-state index contributed by atoms with van der Waals surface area (Å²) in [6.45, 7) is 3.85. The molecule has 3 aromatic rings. The van der Waals surface area contributed by atoms with Crippen molar-refractivity contribution < 1.29 is 12.8 Å². The van der Waals surface area contributed by atoms with Crippen molar-refractivity contribution in [3.63, 3.8) is 0 Å². The highest BCUT2D eigenvalue weighted by Gasteiger charge is 2.30. The van der Waals surface area contributed by atoms with Crippen molar-refractivity contribution in [2.45, 2.75) is 36.8 Å². The summed E-state index contributed by atoms with van der Waals surface area (Å²) in [4.78, 5) is 0.653. The molecule has 0 saturated heterocycles. The molecule has 0 bridgehead atoms. The Labute approximate surface area is 150 Å². The molecule has 2 aromatic heterocycles. The molecule has 0 aliphatic heterocycles. The van der Waals surface area contributed by atoms with E-state index in [0.717, 1.165) is 35.3 Å². The molecule has 8 heteroatoms. The minimum atomic E-state index is -3.65. The SMILES string of the molecule is Cc1ccc(NS(=O)(=O)c2ccc(-c3nnc(C4CC4)o3)s2)c(C)c1. The van der Waals surface area contributed by atoms with E-state index in [1.807, 2.05) is 26.0 Å². The monoisotopic (exact) mass is 375 g/mol. The lowest BCUT2D eigenvalue weighted by molar-refractivity contribution is 0.509. The van der Waals surface area contributed by atoms with Gasteiger partial charge in [-0.25, -0.2) is 8.42 Å². The van der Waals surface area contributed by atoms with E-state index in [4.69, 9.17) is 4.42 Å². The summed E-state index contributed by atoms with van der Waals surface area (Å²) in [5, 5.41) is 8.07. The van der Waals surface area contributed by atoms with Gasteiger partial charge in [-0.1, -0.05) is 17.7 Å². The number of benzene rings is 1. The largest absolute Gasteiger partial charge is 0.420 e. The number of sulfonamides is 1. The third-order valence-electron chi connectivity index (χ3n) is 4.05. The molecule has 1 aromatic carbocycles. The molecule has 1 aliphatic carbocycles. The molecule has 6 nitrogen and oxygen atoms in total. The molecule has 0 unspecified atom stereocenters. The number of anilines is 1. The van der Waals surface area contributed by atoms with E-state index in [2.05, 4.69) is 14.9 Å². The average molecular weight is 375 g/mol. The summed E-state index contributed by atoms with van der Waals surface area (Å²) in [5.74, 6) is 1.39. The zero-order valence-electron chi connectivity index (χ0n) is 13.8. The van der Waals surface area contributed by atoms with Crippen LogP contribution in [0.25, 0.3) is 10.8 Å². The first-order chi connectivity index (χ1) is 11.9. The van der Waals surface area contributed by atoms with Crippen LogP contribution in [0.1, 0.15) is 35.8 Å². The molecule has 1 N–H and O–H groups in total. The van der Waals surface area contributed by atoms with Crippen LogP contribution >= 0.6 is 11.3 Å². The maximum Gasteiger partial charge on any atom is 0.271 e. The average Bonchev–Trinajstić information content (AvgIpc) is 3.09. The first-order valence-corrected chi connectivity index (χ1v) is 10.3. The lowest BCUT2D eigenvalue weighted by Gasteiger charge is -2.09. The van der Waals surface area contributed by atoms with Crippen LogP contribution in [0.5, 0.6) is 0 Å². The molecule has 1 aliphatic rings. The van der Waals surface area contributed by atoms with Crippen LogP contribution < -0.4 is 4.72 Å². The van der Waals surface area contributed by atoms with Crippen LogP contribution in [0.2, 0.25) is 0 Å². The Bertz CT molecular complexity index is 1030. The van der Waals surface area contributed by atoms with Gasteiger partial charge in [0, 0.05) is 5.92 Å². The lowest BCUT2D eigenvalue weighted by atomic mass is 10.1. The van der Waals surface area contributed by atoms with E-state index < -0.39 is 10.0 Å². The van der Waals surface area contributed by atoms with Crippen LogP contribution in [-0.4, -0.2) is 18.6 Å². The fourth-order valence-electron chi connectivity index (χ4n) is 2.53. The van der Waals surface area contributed by atoms with Gasteiger partial charge in [0.1, 0.15) is 4.21 Å². The molecule has 0 spiro atoms. The second-order valence-electron chi connectivity index (χ2n) is 6.26. The summed E-state index contributed by atoms with van der Waals surface area (Å²) in [7, 11) is -3.65. The van der Waals surface area contributed by atoms with Crippen LogP contribution in [0, 0.1) is 13.8 Å². The summed E-state index contributed by atoms with van der Waals surface area (Å²) in [6.07, 6.45) is 2.15. The first kappa shape index (κ1) is 16.3. The number of hydrogen-bond acceptors (Lipinski definition) is 6. The Hall–Kier alpha value is -2.19. The van der Waals surface area contributed by atoms with E-state index >= 15 is 0 Å². The standard InChI is InChI=1S/C17H17N3O3S2/c1-10-3-6-13(11(2)9-10)20-25(21,22)15-8-7-14(24-15)17-19-18-16(23-17)12-4-5-12/h3,6-9,12,20H,4-5H2,1-2H3. The van der Waals surface area contributed by atoms with Gasteiger partial charge in [0.15, 0.2) is 0 Å². The van der Waals surface area contributed by atoms with Gasteiger partial charge in [-0.3, -0.25) is 4.72 Å². The van der Waals surface area contributed by atoms with Crippen molar-refractivity contribution in [3.8, 4) is 10.8 Å². The van der Waals surface area contributed by atoms with Crippen LogP contribution in [-0.2, 0) is 10.0 Å². The van der Waals surface area contributed by atoms with Crippen molar-refractivity contribution in [1.82, 2.24) is 10.2 Å². The molecule has 0 amide bonds. The number of nitrogens with zero attached hydrogens (tertiary/aromatic N) is 2. The van der Waals surface area contributed by atoms with E-state index in [0.29, 0.717) is 28.3 Å². The van der Waals surface area contributed by atoms with Crippen molar-refractivity contribution in [3.05, 3.63) is 47.3 Å². The third-order valence-corrected chi connectivity index (χ3v) is 6.98. The van der Waals surface area contributed by atoms with E-state index in [9.17, 15) is 8.42 Å². The highest BCUT2D eigenvalue weighted by Crippen LogP contribution is 2.40. The van der Waals surface area contributed by atoms with Gasteiger partial charge in [0.25, 0.3) is 15.9 Å². The molecule has 0 radical (unpaired) electrons. The van der Waals surface area contributed by atoms with Crippen molar-refractivity contribution in [2.24, 2.45) is 0 Å². The highest BCUT2D eigenvalue weighted by molar-refractivity contribution is 7.94. The second-order valence-corrected chi connectivity index (χ2v) is 9.26. The Balaban J connectivity index is 1.59. The fraction of sp³-hybridized carbons (Fsp3) is 0.294. The first-order valence-electron chi connectivity index (χ1n) is 7.96. The zero-order valence-corrected chi connectivity index (χ0v) is 15.4. The van der Waals surface area contributed by atoms with Gasteiger partial charge in [-0.05, 0) is 50.5 Å². The number of aromatic nitrogens is 2. The number of aryl methyl sites for hydroxylation is 2. The number of nitrogens with one attached hydrogen (secondary N) is 1. The van der Waals surface area contributed by atoms with Gasteiger partial charge in [-0.15, -0.1) is 21.5 Å². The van der Waals surface area contributed by atoms with E-state index in [1.165, 1.54) is 0 Å². The number of hydrogen-bond donors (Lipinski definition) is 1. The molecule has 25 heavy (non-hydrogen) atoms. The van der Waals surface area contributed by atoms with Crippen LogP contribution in [0.15, 0.2) is 39.0 Å². The predicted molar refractivity (Wildman–Crippen MR) is 96.3 cm³/mol. The predicted octanol–water partition coefficient (Wildman–Crippen LogP) is 4.09. The molecule has 0 atom stereocenters. The molecule has 130 valence electrons. The van der Waals surface area contributed by atoms with Gasteiger partial charge < -0.3 is 4.42 Å². The molecular formula is C17H17N3O3S2. The normalized spacial score (nSPS) is 14.6. The fourth-order valence-corrected chi connectivity index (χ4v) is 4.89. The topological polar surface area (TPSA) is 85.1 Å². The Kier molecular flexibility index (Phi) is 3.88. The van der Waals surface area contributed by atoms with Crippen molar-refractivity contribution in [2.75, 3.05) is 4.72 Å². The van der Waals surface area contributed by atoms with Gasteiger partial charge in [-0.2, -0.15) is 0 Å². The van der Waals surface area contributed by atoms with E-state index in [-0.39, 0.29) is 4.21 Å². The molecule has 1 fully saturated rings. The molecule has 4 rings (SSSR count). The summed E-state index contributed by atoms with van der Waals surface area (Å²) in [5.41, 5.74) is 2.54. The smallest absolute Gasteiger partial charge is 0.271 e. The van der Waals surface area contributed by atoms with Crippen LogP contribution in [0.3, 0.4) is 0 Å².